The van der Waals surface area contributed by atoms with E-state index in [0.717, 1.165) is 94.2 Å². The van der Waals surface area contributed by atoms with Gasteiger partial charge in [-0.2, -0.15) is 34.4 Å². The van der Waals surface area contributed by atoms with Crippen LogP contribution in [0.15, 0.2) is 143 Å². The van der Waals surface area contributed by atoms with Crippen LogP contribution in [0.3, 0.4) is 0 Å². The van der Waals surface area contributed by atoms with Crippen molar-refractivity contribution in [2.24, 2.45) is 0 Å². The van der Waals surface area contributed by atoms with Gasteiger partial charge in [-0.15, -0.1) is 45.3 Å². The molecule has 0 saturated carbocycles. The number of ether oxygens (including phenoxy) is 6. The van der Waals surface area contributed by atoms with E-state index in [1.807, 2.05) is 163 Å². The maximum atomic E-state index is 13.6. The topological polar surface area (TPSA) is 370 Å². The first kappa shape index (κ1) is 104. The van der Waals surface area contributed by atoms with E-state index >= 15 is 0 Å². The van der Waals surface area contributed by atoms with Crippen LogP contribution in [0.1, 0.15) is 188 Å². The van der Waals surface area contributed by atoms with Crippen molar-refractivity contribution >= 4 is 218 Å². The quantitative estimate of drug-likeness (QED) is 0.0376. The summed E-state index contributed by atoms with van der Waals surface area (Å²) < 4.78 is 58.6. The second kappa shape index (κ2) is 39.8. The lowest BCUT2D eigenvalue weighted by atomic mass is 9.86. The molecule has 4 aromatic carbocycles. The summed E-state index contributed by atoms with van der Waals surface area (Å²) in [4.78, 5) is 80.6. The molecule has 136 heavy (non-hydrogen) atoms. The highest BCUT2D eigenvalue weighted by Gasteiger charge is 2.40. The number of rotatable bonds is 12. The summed E-state index contributed by atoms with van der Waals surface area (Å²) in [7, 11) is -5.61. The van der Waals surface area contributed by atoms with Crippen molar-refractivity contribution in [3.05, 3.63) is 169 Å². The second-order valence-corrected chi connectivity index (χ2v) is 56.3. The van der Waals surface area contributed by atoms with E-state index in [0.29, 0.717) is 63.6 Å². The highest BCUT2D eigenvalue weighted by atomic mass is 127. The number of aromatic nitrogens is 12. The number of hydrogen-bond donors (Lipinski definition) is 6. The number of carbonyl (C=O) groups is 6. The molecule has 0 aliphatic heterocycles. The van der Waals surface area contributed by atoms with Gasteiger partial charge >= 0.3 is 43.7 Å². The van der Waals surface area contributed by atoms with Crippen LogP contribution in [0, 0.1) is 3.70 Å². The Bertz CT molecular complexity index is 7110. The molecule has 0 bridgehead atoms. The third-order valence-electron chi connectivity index (χ3n) is 21.9. The molecule has 16 aromatic rings. The number of nitrogens with one attached hydrogen (secondary N) is 2. The first-order valence-corrected chi connectivity index (χ1v) is 54.7. The molecule has 0 amide bonds. The molecule has 38 heteroatoms. The van der Waals surface area contributed by atoms with Crippen LogP contribution in [0.25, 0.3) is 119 Å². The van der Waals surface area contributed by atoms with Gasteiger partial charge in [0.05, 0.1) is 107 Å². The van der Waals surface area contributed by atoms with Gasteiger partial charge in [-0.1, -0.05) is 65.8 Å². The van der Waals surface area contributed by atoms with Crippen LogP contribution in [-0.2, 0) is 63.7 Å². The molecule has 724 valence electrons. The van der Waals surface area contributed by atoms with Gasteiger partial charge in [0.1, 0.15) is 54.4 Å². The Kier molecular flexibility index (Phi) is 30.6. The van der Waals surface area contributed by atoms with Gasteiger partial charge < -0.3 is 62.5 Å². The number of nitrogens with zero attached hydrogens (tertiary/aromatic N) is 10. The van der Waals surface area contributed by atoms with Gasteiger partial charge in [-0.05, 0) is 324 Å². The zero-order valence-corrected chi connectivity index (χ0v) is 89.7. The smallest absolute Gasteiger partial charge is 0.443 e. The van der Waals surface area contributed by atoms with E-state index in [9.17, 15) is 49.0 Å². The largest absolute Gasteiger partial charge is 0.506 e. The third kappa shape index (κ3) is 24.6. The molecule has 6 N–H and O–H groups in total. The minimum Gasteiger partial charge on any atom is -0.443 e. The highest BCUT2D eigenvalue weighted by Crippen LogP contribution is 2.43. The Morgan fingerprint density at radius 3 is 1.12 bits per heavy atom. The molecule has 12 aromatic heterocycles. The van der Waals surface area contributed by atoms with Crippen LogP contribution in [0.5, 0.6) is 0 Å². The van der Waals surface area contributed by atoms with Crippen molar-refractivity contribution < 1.29 is 86.3 Å². The van der Waals surface area contributed by atoms with E-state index in [4.69, 9.17) is 37.3 Å². The summed E-state index contributed by atoms with van der Waals surface area (Å²) >= 11 is 8.24. The SMILES string of the molecule is CC(C)(C)OC(=O)n1c(B(O)O)cc2cc(CO[Si](C)(C)C(C)(C)C)ccc21.CC(C)(C)OC(=O)n1nc(-c2cc3cc(CO)ccc3n2C(=O)OC(C)(C)C)c2sccc21.CC(C)(C)OC(=O)n1nc(-c2cc3cc(CO[Si](C)(C)C(C)(C)C)ccc3n2C(=O)OC(C)(C)C)c2sccc21.CC(C)(C)OC(=O)n1nc(I)c2sccc21.OCc1ccc2[nH]c(-c3n[nH]c4ccsc34)cc2c1. The fourth-order valence-corrected chi connectivity index (χ4v) is 19.7. The van der Waals surface area contributed by atoms with Gasteiger partial charge in [0.2, 0.25) is 0 Å². The lowest BCUT2D eigenvalue weighted by Gasteiger charge is -2.36. The van der Waals surface area contributed by atoms with Crippen molar-refractivity contribution in [3.8, 4) is 34.2 Å². The molecule has 0 spiro atoms. The van der Waals surface area contributed by atoms with E-state index < -0.39 is 93.9 Å². The van der Waals surface area contributed by atoms with Crippen molar-refractivity contribution in [3.63, 3.8) is 0 Å². The number of hydrogen-bond acceptors (Lipinski definition) is 26. The Morgan fingerprint density at radius 1 is 0.375 bits per heavy atom. The standard InChI is InChI=1S/C30H41N3O5SSi.C24H27N3O5S.C20H32BNO5Si.C14H11N3OS.C10H11IN2O2S/c1-28(2,3)37-26(34)32-21-13-12-19(18-36-40(10,11)30(7,8)9)16-20(21)17-23(32)24-25-22(14-15-39-25)33(31-24)27(35)38-29(4,5)6;1-23(2,3)31-21(29)26-16-8-7-14(13-28)11-15(16)12-18(26)19-20-17(9-10-33-20)27(25-19)22(30)32-24(4,5)6;1-19(2,3)27-18(23)22-16-10-9-14(11-15(16)12-17(22)21(24)25)13-26-28(7,8)20(4,5)6;18-7-8-1-2-10-9(5-8)6-12(15-10)13-14-11(16-17-13)3-4-19-14;1-10(2,3)15-9(14)13-6-4-5-16-7(6)8(11)12-13/h12-17H,18H2,1-11H3;7-12,28H,13H2,1-6H3;9-12,24-25H,13H2,1-8H3;1-6,15,18H,7H2,(H,16,17);4-5H,1-3H3. The number of aliphatic hydroxyl groups excluding tert-OH is 2. The number of halogens is 1. The predicted octanol–water partition coefficient (Wildman–Crippen LogP) is 25.0. The minimum absolute atomic E-state index is 0.0635. The van der Waals surface area contributed by atoms with Crippen LogP contribution in [0.4, 0.5) is 28.8 Å². The molecular formula is C98H122BIN12O18S4Si2. The van der Waals surface area contributed by atoms with Gasteiger partial charge in [0.25, 0.3) is 0 Å². The summed E-state index contributed by atoms with van der Waals surface area (Å²) in [5, 5.41) is 70.4. The second-order valence-electron chi connectivity index (χ2n) is 42.0. The number of carbonyl (C=O) groups excluding carboxylic acids is 6. The lowest BCUT2D eigenvalue weighted by Crippen LogP contribution is -2.41. The summed E-state index contributed by atoms with van der Waals surface area (Å²) in [5.74, 6) is 0. The molecule has 30 nitrogen and oxygen atoms in total. The summed E-state index contributed by atoms with van der Waals surface area (Å²) in [6, 6.07) is 37.7. The summed E-state index contributed by atoms with van der Waals surface area (Å²) in [5.41, 5.74) is 9.73. The normalized spacial score (nSPS) is 12.7. The number of fused-ring (bicyclic) bond motifs is 8. The molecule has 0 saturated heterocycles. The maximum Gasteiger partial charge on any atom is 0.506 e. The van der Waals surface area contributed by atoms with E-state index in [-0.39, 0.29) is 28.9 Å². The fraction of sp³-hybridized carbons (Fsp3) is 0.408. The average molecular weight is 2080 g/mol. The predicted molar refractivity (Wildman–Crippen MR) is 556 cm³/mol. The molecular weight excluding hydrogens is 1960 g/mol. The monoisotopic (exact) mass is 2080 g/mol. The molecule has 0 unspecified atom stereocenters. The average Bonchev–Trinajstić information content (AvgIpc) is 1.59. The molecule has 0 atom stereocenters. The zero-order valence-electron chi connectivity index (χ0n) is 82.2. The third-order valence-corrected chi connectivity index (χ3v) is 35.6. The molecule has 12 heterocycles. The number of aromatic amines is 2. The Morgan fingerprint density at radius 2 is 0.713 bits per heavy atom. The van der Waals surface area contributed by atoms with Crippen LogP contribution in [-0.4, -0.2) is 172 Å². The van der Waals surface area contributed by atoms with Crippen molar-refractivity contribution in [2.45, 2.75) is 262 Å². The van der Waals surface area contributed by atoms with Crippen molar-refractivity contribution in [1.29, 1.82) is 0 Å². The summed E-state index contributed by atoms with van der Waals surface area (Å²) in [6.45, 7) is 55.5. The number of aliphatic hydroxyl groups is 2. The van der Waals surface area contributed by atoms with Gasteiger partial charge in [0, 0.05) is 27.1 Å². The Balaban J connectivity index is 0.000000158. The van der Waals surface area contributed by atoms with Crippen LogP contribution < -0.4 is 5.59 Å². The zero-order chi connectivity index (χ0) is 100. The maximum absolute atomic E-state index is 13.6. The minimum atomic E-state index is -1.94. The molecule has 0 fully saturated rings. The lowest BCUT2D eigenvalue weighted by molar-refractivity contribution is 0.0511. The van der Waals surface area contributed by atoms with Crippen molar-refractivity contribution in [2.75, 3.05) is 0 Å². The van der Waals surface area contributed by atoms with Crippen LogP contribution >= 0.6 is 67.9 Å². The van der Waals surface area contributed by atoms with Gasteiger partial charge in [-0.3, -0.25) is 9.67 Å². The number of H-pyrrole nitrogens is 2. The molecule has 16 rings (SSSR count). The number of benzene rings is 4. The first-order chi connectivity index (χ1) is 63.0. The highest BCUT2D eigenvalue weighted by molar-refractivity contribution is 14.1. The first-order valence-electron chi connectivity index (χ1n) is 44.3. The Hall–Kier alpha value is -10.5. The van der Waals surface area contributed by atoms with E-state index in [1.165, 1.54) is 45.9 Å². The molecule has 0 aliphatic carbocycles. The van der Waals surface area contributed by atoms with Crippen LogP contribution in [0.2, 0.25) is 36.3 Å². The van der Waals surface area contributed by atoms with E-state index in [2.05, 4.69) is 132 Å². The van der Waals surface area contributed by atoms with Gasteiger partial charge in [-0.25, -0.2) is 37.9 Å². The fourth-order valence-electron chi connectivity index (χ4n) is 13.6. The Labute approximate surface area is 822 Å². The molecule has 0 radical (unpaired) electrons. The summed E-state index contributed by atoms with van der Waals surface area (Å²) in [6.07, 6.45) is -3.32. The van der Waals surface area contributed by atoms with Crippen molar-refractivity contribution in [1.82, 2.24) is 58.2 Å². The van der Waals surface area contributed by atoms with E-state index in [1.54, 1.807) is 120 Å². The molecule has 0 aliphatic rings. The number of thiophene rings is 4. The van der Waals surface area contributed by atoms with Gasteiger partial charge in [0.15, 0.2) is 16.6 Å².